The van der Waals surface area contributed by atoms with E-state index in [1.807, 2.05) is 18.2 Å². The molecule has 0 aliphatic rings. The fraction of sp³-hybridized carbons (Fsp3) is 0.143. The Hall–Kier alpha value is -1.03. The van der Waals surface area contributed by atoms with Crippen LogP contribution in [0.25, 0.3) is 0 Å². The van der Waals surface area contributed by atoms with Gasteiger partial charge in [0.25, 0.3) is 0 Å². The number of benzene rings is 2. The molecule has 0 radical (unpaired) electrons. The average molecular weight is 283 g/mol. The van der Waals surface area contributed by atoms with Crippen LogP contribution < -0.4 is 0 Å². The van der Waals surface area contributed by atoms with Gasteiger partial charge in [-0.15, -0.1) is 0 Å². The second kappa shape index (κ2) is 5.74. The van der Waals surface area contributed by atoms with E-state index in [0.29, 0.717) is 15.5 Å². The fourth-order valence-corrected chi connectivity index (χ4v) is 2.98. The van der Waals surface area contributed by atoms with Crippen LogP contribution in [0.5, 0.6) is 0 Å². The normalized spacial score (nSPS) is 12.4. The quantitative estimate of drug-likeness (QED) is 0.882. The standard InChI is InChI=1S/C14H12ClFOS/c1-9(17)14-11(16)6-4-8-13(14)18-12-7-3-2-5-10(12)15/h2-9,17H,1H3. The molecule has 2 rings (SSSR count). The highest BCUT2D eigenvalue weighted by Crippen LogP contribution is 2.37. The zero-order valence-electron chi connectivity index (χ0n) is 9.73. The summed E-state index contributed by atoms with van der Waals surface area (Å²) in [5.74, 6) is -0.401. The van der Waals surface area contributed by atoms with Crippen molar-refractivity contribution in [2.75, 3.05) is 0 Å². The van der Waals surface area contributed by atoms with Crippen LogP contribution in [-0.2, 0) is 0 Å². The van der Waals surface area contributed by atoms with Gasteiger partial charge in [-0.2, -0.15) is 0 Å². The molecule has 1 N–H and O–H groups in total. The highest BCUT2D eigenvalue weighted by atomic mass is 35.5. The predicted octanol–water partition coefficient (Wildman–Crippen LogP) is 4.68. The maximum Gasteiger partial charge on any atom is 0.130 e. The van der Waals surface area contributed by atoms with Crippen molar-refractivity contribution in [3.05, 3.63) is 58.9 Å². The van der Waals surface area contributed by atoms with Crippen LogP contribution in [-0.4, -0.2) is 5.11 Å². The number of hydrogen-bond donors (Lipinski definition) is 1. The Bertz CT molecular complexity index is 557. The number of halogens is 2. The third-order valence-corrected chi connectivity index (χ3v) is 4.08. The second-order valence-electron chi connectivity index (χ2n) is 3.86. The van der Waals surface area contributed by atoms with Crippen LogP contribution in [0.1, 0.15) is 18.6 Å². The van der Waals surface area contributed by atoms with Gasteiger partial charge < -0.3 is 5.11 Å². The molecule has 2 aromatic rings. The van der Waals surface area contributed by atoms with E-state index in [-0.39, 0.29) is 0 Å². The molecular weight excluding hydrogens is 271 g/mol. The van der Waals surface area contributed by atoms with Crippen LogP contribution in [0.15, 0.2) is 52.3 Å². The minimum Gasteiger partial charge on any atom is -0.389 e. The molecule has 0 heterocycles. The topological polar surface area (TPSA) is 20.2 Å². The van der Waals surface area contributed by atoms with E-state index in [9.17, 15) is 9.50 Å². The van der Waals surface area contributed by atoms with Gasteiger partial charge in [-0.1, -0.05) is 41.6 Å². The third kappa shape index (κ3) is 2.86. The Kier molecular flexibility index (Phi) is 4.27. The molecule has 18 heavy (non-hydrogen) atoms. The van der Waals surface area contributed by atoms with Gasteiger partial charge in [-0.05, 0) is 31.2 Å². The molecule has 0 aromatic heterocycles. The van der Waals surface area contributed by atoms with Crippen LogP contribution in [0.3, 0.4) is 0 Å². The van der Waals surface area contributed by atoms with E-state index in [2.05, 4.69) is 0 Å². The first-order chi connectivity index (χ1) is 8.59. The summed E-state index contributed by atoms with van der Waals surface area (Å²) in [6.07, 6.45) is -0.851. The molecule has 0 fully saturated rings. The molecule has 0 saturated carbocycles. The Labute approximate surface area is 115 Å². The Balaban J connectivity index is 2.41. The number of hydrogen-bond acceptors (Lipinski definition) is 2. The molecule has 0 spiro atoms. The van der Waals surface area contributed by atoms with Gasteiger partial charge in [-0.25, -0.2) is 4.39 Å². The summed E-state index contributed by atoms with van der Waals surface area (Å²) in [6, 6.07) is 12.1. The Morgan fingerprint density at radius 1 is 1.11 bits per heavy atom. The smallest absolute Gasteiger partial charge is 0.130 e. The molecule has 0 aliphatic carbocycles. The monoisotopic (exact) mass is 282 g/mol. The maximum atomic E-state index is 13.7. The summed E-state index contributed by atoms with van der Waals surface area (Å²) in [7, 11) is 0. The molecule has 4 heteroatoms. The van der Waals surface area contributed by atoms with Crippen LogP contribution >= 0.6 is 23.4 Å². The van der Waals surface area contributed by atoms with E-state index in [1.165, 1.54) is 17.8 Å². The second-order valence-corrected chi connectivity index (χ2v) is 5.35. The van der Waals surface area contributed by atoms with Gasteiger partial charge in [0.05, 0.1) is 11.1 Å². The van der Waals surface area contributed by atoms with Crippen molar-refractivity contribution in [3.8, 4) is 0 Å². The van der Waals surface area contributed by atoms with Gasteiger partial charge in [0.1, 0.15) is 5.82 Å². The van der Waals surface area contributed by atoms with Gasteiger partial charge in [0.15, 0.2) is 0 Å². The lowest BCUT2D eigenvalue weighted by atomic mass is 10.1. The van der Waals surface area contributed by atoms with Crippen LogP contribution in [0.2, 0.25) is 5.02 Å². The first kappa shape index (κ1) is 13.4. The van der Waals surface area contributed by atoms with Crippen LogP contribution in [0, 0.1) is 5.82 Å². The number of aliphatic hydroxyl groups excluding tert-OH is 1. The zero-order chi connectivity index (χ0) is 13.1. The summed E-state index contributed by atoms with van der Waals surface area (Å²) < 4.78 is 13.7. The fourth-order valence-electron chi connectivity index (χ4n) is 1.66. The molecular formula is C14H12ClFOS. The summed E-state index contributed by atoms with van der Waals surface area (Å²) in [6.45, 7) is 1.55. The van der Waals surface area contributed by atoms with E-state index in [4.69, 9.17) is 11.6 Å². The summed E-state index contributed by atoms with van der Waals surface area (Å²) in [4.78, 5) is 1.52. The molecule has 94 valence electrons. The molecule has 2 aromatic carbocycles. The highest BCUT2D eigenvalue weighted by molar-refractivity contribution is 7.99. The van der Waals surface area contributed by atoms with E-state index >= 15 is 0 Å². The minimum absolute atomic E-state index is 0.308. The van der Waals surface area contributed by atoms with Gasteiger partial charge in [0.2, 0.25) is 0 Å². The molecule has 0 bridgehead atoms. The number of aliphatic hydroxyl groups is 1. The summed E-state index contributed by atoms with van der Waals surface area (Å²) in [5.41, 5.74) is 0.308. The van der Waals surface area contributed by atoms with Crippen molar-refractivity contribution in [1.29, 1.82) is 0 Å². The van der Waals surface area contributed by atoms with Crippen molar-refractivity contribution >= 4 is 23.4 Å². The Morgan fingerprint density at radius 2 is 1.78 bits per heavy atom. The van der Waals surface area contributed by atoms with Crippen molar-refractivity contribution in [1.82, 2.24) is 0 Å². The molecule has 1 nitrogen and oxygen atoms in total. The Morgan fingerprint density at radius 3 is 2.44 bits per heavy atom. The largest absolute Gasteiger partial charge is 0.389 e. The molecule has 1 atom stereocenters. The lowest BCUT2D eigenvalue weighted by Gasteiger charge is -2.13. The zero-order valence-corrected chi connectivity index (χ0v) is 11.3. The maximum absolute atomic E-state index is 13.7. The predicted molar refractivity (Wildman–Crippen MR) is 72.6 cm³/mol. The molecule has 0 saturated heterocycles. The van der Waals surface area contributed by atoms with Gasteiger partial charge in [0, 0.05) is 15.4 Å². The van der Waals surface area contributed by atoms with Crippen molar-refractivity contribution in [2.24, 2.45) is 0 Å². The number of rotatable bonds is 3. The lowest BCUT2D eigenvalue weighted by Crippen LogP contribution is -1.98. The third-order valence-electron chi connectivity index (χ3n) is 2.49. The van der Waals surface area contributed by atoms with Crippen molar-refractivity contribution in [2.45, 2.75) is 22.8 Å². The van der Waals surface area contributed by atoms with Gasteiger partial charge in [-0.3, -0.25) is 0 Å². The van der Waals surface area contributed by atoms with E-state index in [0.717, 1.165) is 4.90 Å². The average Bonchev–Trinajstić information content (AvgIpc) is 2.31. The van der Waals surface area contributed by atoms with E-state index < -0.39 is 11.9 Å². The molecule has 1 unspecified atom stereocenters. The molecule has 0 amide bonds. The minimum atomic E-state index is -0.851. The van der Waals surface area contributed by atoms with Crippen molar-refractivity contribution < 1.29 is 9.50 Å². The molecule has 0 aliphatic heterocycles. The van der Waals surface area contributed by atoms with Crippen molar-refractivity contribution in [3.63, 3.8) is 0 Å². The highest BCUT2D eigenvalue weighted by Gasteiger charge is 2.15. The van der Waals surface area contributed by atoms with E-state index in [1.54, 1.807) is 25.1 Å². The SMILES string of the molecule is CC(O)c1c(F)cccc1Sc1ccccc1Cl. The summed E-state index contributed by atoms with van der Waals surface area (Å²) in [5, 5.41) is 10.3. The lowest BCUT2D eigenvalue weighted by molar-refractivity contribution is 0.191. The summed E-state index contributed by atoms with van der Waals surface area (Å²) >= 11 is 7.42. The van der Waals surface area contributed by atoms with Crippen LogP contribution in [0.4, 0.5) is 4.39 Å². The van der Waals surface area contributed by atoms with Gasteiger partial charge >= 0.3 is 0 Å². The first-order valence-electron chi connectivity index (χ1n) is 5.48. The first-order valence-corrected chi connectivity index (χ1v) is 6.68.